The van der Waals surface area contributed by atoms with Crippen LogP contribution in [0.5, 0.6) is 0 Å². The fraction of sp³-hybridized carbons (Fsp3) is 0.667. The van der Waals surface area contributed by atoms with Crippen LogP contribution in [0.3, 0.4) is 0 Å². The van der Waals surface area contributed by atoms with Gasteiger partial charge in [0, 0.05) is 38.4 Å². The Hall–Kier alpha value is -2.76. The molecule has 38 heavy (non-hydrogen) atoms. The number of amides is 2. The number of rotatable bonds is 7. The molecule has 4 heterocycles. The van der Waals surface area contributed by atoms with Gasteiger partial charge in [-0.25, -0.2) is 0 Å². The zero-order valence-electron chi connectivity index (χ0n) is 21.0. The molecule has 4 rings (SSSR count). The second-order valence-corrected chi connectivity index (χ2v) is 11.9. The van der Waals surface area contributed by atoms with Gasteiger partial charge in [-0.05, 0) is 44.2 Å². The first-order valence-electron chi connectivity index (χ1n) is 12.7. The Bertz CT molecular complexity index is 1180. The Kier molecular flexibility index (Phi) is 8.29. The topological polar surface area (TPSA) is 127 Å². The largest absolute Gasteiger partial charge is 0.417 e. The van der Waals surface area contributed by atoms with E-state index in [0.717, 1.165) is 6.07 Å². The number of pyridine rings is 1. The number of nitrogens with one attached hydrogen (secondary N) is 1. The minimum atomic E-state index is -4.50. The molecular weight excluding hydrogens is 525 g/mol. The van der Waals surface area contributed by atoms with E-state index in [9.17, 15) is 31.2 Å². The highest BCUT2D eigenvalue weighted by molar-refractivity contribution is 7.86. The molecule has 3 atom stereocenters. The maximum Gasteiger partial charge on any atom is 0.417 e. The molecule has 0 aliphatic carbocycles. The number of nitrogens with zero attached hydrogens (tertiary/aromatic N) is 5. The van der Waals surface area contributed by atoms with Crippen LogP contribution in [-0.4, -0.2) is 77.0 Å². The van der Waals surface area contributed by atoms with Gasteiger partial charge in [-0.3, -0.25) is 14.6 Å². The lowest BCUT2D eigenvalue weighted by Crippen LogP contribution is -2.58. The standard InChI is InChI=1S/C24H31F3N6O4S/c1-2-20-7-8-21(22(34)30-12-19-6-5-18(11-29-19)24(25,26)27)33(20)23(35)17-4-3-9-31(15-17)38(36,37)32-13-16(10-28)14-32/h5-6,11,16-17,20-21H,2-4,7-9,12-15H2,1H3,(H,30,34)/t17-,20+,21+/m0/s1. The lowest BCUT2D eigenvalue weighted by atomic mass is 9.97. The molecule has 3 aliphatic rings. The summed E-state index contributed by atoms with van der Waals surface area (Å²) >= 11 is 0. The fourth-order valence-electron chi connectivity index (χ4n) is 5.30. The van der Waals surface area contributed by atoms with Crippen molar-refractivity contribution in [1.29, 1.82) is 5.26 Å². The molecule has 2 amide bonds. The van der Waals surface area contributed by atoms with Gasteiger partial charge in [0.15, 0.2) is 0 Å². The van der Waals surface area contributed by atoms with E-state index in [1.807, 2.05) is 6.92 Å². The molecule has 3 saturated heterocycles. The van der Waals surface area contributed by atoms with Crippen LogP contribution < -0.4 is 5.32 Å². The molecule has 0 radical (unpaired) electrons. The molecule has 1 N–H and O–H groups in total. The highest BCUT2D eigenvalue weighted by atomic mass is 32.2. The van der Waals surface area contributed by atoms with Crippen molar-refractivity contribution in [2.24, 2.45) is 11.8 Å². The molecule has 14 heteroatoms. The maximum absolute atomic E-state index is 13.7. The van der Waals surface area contributed by atoms with Crippen molar-refractivity contribution in [3.63, 3.8) is 0 Å². The number of nitriles is 1. The van der Waals surface area contributed by atoms with Crippen LogP contribution in [0.4, 0.5) is 13.2 Å². The first kappa shape index (κ1) is 28.3. The van der Waals surface area contributed by atoms with E-state index in [0.29, 0.717) is 44.8 Å². The van der Waals surface area contributed by atoms with Crippen molar-refractivity contribution < 1.29 is 31.2 Å². The van der Waals surface area contributed by atoms with E-state index in [2.05, 4.69) is 16.4 Å². The van der Waals surface area contributed by atoms with Gasteiger partial charge < -0.3 is 10.2 Å². The smallest absolute Gasteiger partial charge is 0.349 e. The van der Waals surface area contributed by atoms with E-state index < -0.39 is 39.8 Å². The van der Waals surface area contributed by atoms with Crippen LogP contribution in [0.25, 0.3) is 0 Å². The van der Waals surface area contributed by atoms with E-state index in [-0.39, 0.29) is 49.7 Å². The van der Waals surface area contributed by atoms with Crippen LogP contribution in [0.15, 0.2) is 18.3 Å². The number of carbonyl (C=O) groups excluding carboxylic acids is 2. The summed E-state index contributed by atoms with van der Waals surface area (Å²) < 4.78 is 66.8. The third kappa shape index (κ3) is 5.79. The minimum absolute atomic E-state index is 0.0195. The van der Waals surface area contributed by atoms with Gasteiger partial charge in [0.05, 0.1) is 35.7 Å². The quantitative estimate of drug-likeness (QED) is 0.547. The summed E-state index contributed by atoms with van der Waals surface area (Å²) in [5.74, 6) is -1.59. The van der Waals surface area contributed by atoms with Gasteiger partial charge in [-0.1, -0.05) is 6.92 Å². The number of aromatic nitrogens is 1. The number of carbonyl (C=O) groups is 2. The van der Waals surface area contributed by atoms with Crippen LogP contribution >= 0.6 is 0 Å². The predicted octanol–water partition coefficient (Wildman–Crippen LogP) is 1.90. The number of halogens is 3. The number of piperidine rings is 1. The summed E-state index contributed by atoms with van der Waals surface area (Å²) in [4.78, 5) is 32.1. The summed E-state index contributed by atoms with van der Waals surface area (Å²) in [7, 11) is -3.77. The normalized spacial score (nSPS) is 25.6. The highest BCUT2D eigenvalue weighted by Gasteiger charge is 2.46. The van der Waals surface area contributed by atoms with Gasteiger partial charge in [0.2, 0.25) is 11.8 Å². The van der Waals surface area contributed by atoms with Crippen molar-refractivity contribution in [3.05, 3.63) is 29.6 Å². The summed E-state index contributed by atoms with van der Waals surface area (Å²) in [6.45, 7) is 2.44. The number of likely N-dealkylation sites (tertiary alicyclic amines) is 1. The third-order valence-corrected chi connectivity index (χ3v) is 9.48. The predicted molar refractivity (Wildman–Crippen MR) is 129 cm³/mol. The van der Waals surface area contributed by atoms with Gasteiger partial charge >= 0.3 is 6.18 Å². The van der Waals surface area contributed by atoms with Crippen LogP contribution in [0.2, 0.25) is 0 Å². The van der Waals surface area contributed by atoms with Gasteiger partial charge in [-0.15, -0.1) is 0 Å². The second kappa shape index (κ2) is 11.2. The molecule has 10 nitrogen and oxygen atoms in total. The number of hydrogen-bond donors (Lipinski definition) is 1. The fourth-order valence-corrected chi connectivity index (χ4v) is 7.09. The Morgan fingerprint density at radius 2 is 1.89 bits per heavy atom. The van der Waals surface area contributed by atoms with Crippen LogP contribution in [-0.2, 0) is 32.5 Å². The zero-order valence-corrected chi connectivity index (χ0v) is 21.8. The van der Waals surface area contributed by atoms with Gasteiger partial charge in [-0.2, -0.15) is 35.5 Å². The first-order valence-corrected chi connectivity index (χ1v) is 14.1. The molecule has 3 fully saturated rings. The summed E-state index contributed by atoms with van der Waals surface area (Å²) in [5, 5.41) is 11.7. The molecule has 0 saturated carbocycles. The lowest BCUT2D eigenvalue weighted by molar-refractivity contribution is -0.144. The van der Waals surface area contributed by atoms with Crippen molar-refractivity contribution in [1.82, 2.24) is 23.8 Å². The van der Waals surface area contributed by atoms with Crippen molar-refractivity contribution in [2.75, 3.05) is 26.2 Å². The number of hydrogen-bond acceptors (Lipinski definition) is 6. The first-order chi connectivity index (χ1) is 18.0. The molecule has 3 aliphatic heterocycles. The van der Waals surface area contributed by atoms with Crippen molar-refractivity contribution >= 4 is 22.0 Å². The van der Waals surface area contributed by atoms with E-state index >= 15 is 0 Å². The molecule has 0 bridgehead atoms. The summed E-state index contributed by atoms with van der Waals surface area (Å²) in [6.07, 6.45) is -1.09. The third-order valence-electron chi connectivity index (χ3n) is 7.54. The summed E-state index contributed by atoms with van der Waals surface area (Å²) in [5.41, 5.74) is -0.625. The van der Waals surface area contributed by atoms with Crippen molar-refractivity contribution in [3.8, 4) is 6.07 Å². The molecule has 208 valence electrons. The average molecular weight is 557 g/mol. The molecule has 0 spiro atoms. The SMILES string of the molecule is CC[C@@H]1CC[C@H](C(=O)NCc2ccc(C(F)(F)F)cn2)N1C(=O)[C@H]1CCCN(S(=O)(=O)N2CC(C#N)C2)C1. The molecule has 0 aromatic carbocycles. The van der Waals surface area contributed by atoms with Crippen molar-refractivity contribution in [2.45, 2.75) is 63.8 Å². The molecule has 1 aromatic heterocycles. The van der Waals surface area contributed by atoms with E-state index in [4.69, 9.17) is 5.26 Å². The Morgan fingerprint density at radius 1 is 1.16 bits per heavy atom. The minimum Gasteiger partial charge on any atom is -0.349 e. The highest BCUT2D eigenvalue weighted by Crippen LogP contribution is 2.33. The molecule has 1 aromatic rings. The molecule has 0 unspecified atom stereocenters. The maximum atomic E-state index is 13.7. The Labute approximate surface area is 220 Å². The monoisotopic (exact) mass is 556 g/mol. The number of alkyl halides is 3. The average Bonchev–Trinajstić information content (AvgIpc) is 3.30. The molecular formula is C24H31F3N6O4S. The van der Waals surface area contributed by atoms with Gasteiger partial charge in [0.25, 0.3) is 10.2 Å². The lowest BCUT2D eigenvalue weighted by Gasteiger charge is -2.41. The Morgan fingerprint density at radius 3 is 2.50 bits per heavy atom. The Balaban J connectivity index is 1.40. The zero-order chi connectivity index (χ0) is 27.7. The van der Waals surface area contributed by atoms with Gasteiger partial charge in [0.1, 0.15) is 6.04 Å². The van der Waals surface area contributed by atoms with Crippen LogP contribution in [0, 0.1) is 23.2 Å². The summed E-state index contributed by atoms with van der Waals surface area (Å²) in [6, 6.07) is 3.24. The van der Waals surface area contributed by atoms with Crippen LogP contribution in [0.1, 0.15) is 50.3 Å². The van der Waals surface area contributed by atoms with E-state index in [1.54, 1.807) is 4.90 Å². The second-order valence-electron chi connectivity index (χ2n) is 10.0. The van der Waals surface area contributed by atoms with E-state index in [1.165, 1.54) is 14.7 Å².